The summed E-state index contributed by atoms with van der Waals surface area (Å²) >= 11 is 15.2. The van der Waals surface area contributed by atoms with Crippen molar-refractivity contribution in [3.8, 4) is 16.8 Å². The quantitative estimate of drug-likeness (QED) is 0.0871. The highest BCUT2D eigenvalue weighted by Crippen LogP contribution is 2.32. The van der Waals surface area contributed by atoms with Gasteiger partial charge in [-0.25, -0.2) is 18.2 Å². The molecule has 42 heavy (non-hydrogen) atoms. The van der Waals surface area contributed by atoms with Crippen LogP contribution >= 0.6 is 61.7 Å². The molecule has 0 aliphatic heterocycles. The van der Waals surface area contributed by atoms with Crippen molar-refractivity contribution < 1.29 is 8.42 Å². The van der Waals surface area contributed by atoms with Crippen molar-refractivity contribution in [3.05, 3.63) is 65.4 Å². The third kappa shape index (κ3) is 13.0. The largest absolute Gasteiger partial charge is 0.315 e. The average molecular weight is 697 g/mol. The van der Waals surface area contributed by atoms with Crippen LogP contribution in [0.5, 0.6) is 0 Å². The zero-order valence-electron chi connectivity index (χ0n) is 23.8. The van der Waals surface area contributed by atoms with E-state index in [-0.39, 0.29) is 29.7 Å². The van der Waals surface area contributed by atoms with Crippen molar-refractivity contribution in [1.82, 2.24) is 20.0 Å². The molecule has 0 atom stereocenters. The van der Waals surface area contributed by atoms with Gasteiger partial charge < -0.3 is 10.2 Å². The van der Waals surface area contributed by atoms with Crippen LogP contribution in [0.15, 0.2) is 59.6 Å². The van der Waals surface area contributed by atoms with Gasteiger partial charge in [0.25, 0.3) is 0 Å². The molecular weight excluding hydrogens is 653 g/mol. The Morgan fingerprint density at radius 3 is 2.26 bits per heavy atom. The topological polar surface area (TPSA) is 93.2 Å². The Labute approximate surface area is 280 Å². The normalized spacial score (nSPS) is 11.4. The molecule has 3 rings (SSSR count). The highest BCUT2D eigenvalue weighted by molar-refractivity contribution is 7.89. The molecule has 3 N–H and O–H groups in total. The highest BCUT2D eigenvalue weighted by atomic mass is 35.5. The number of aryl methyl sites for hydroxylation is 1. The molecule has 2 aromatic carbocycles. The summed E-state index contributed by atoms with van der Waals surface area (Å²) < 4.78 is 25.5. The third-order valence-electron chi connectivity index (χ3n) is 6.81. The Morgan fingerprint density at radius 1 is 0.857 bits per heavy atom. The minimum atomic E-state index is -3.81. The number of sulfonamides is 1. The lowest BCUT2D eigenvalue weighted by molar-refractivity contribution is 0.283. The zero-order valence-corrected chi connectivity index (χ0v) is 28.8. The SMILES string of the molecule is Cl.Cl.NS(=O)(=O)c1cccc(-n2cc(-c3ccccc3Cl)c(CCCCCCCCN(CCS)CCNCCS)n2)c1. The van der Waals surface area contributed by atoms with E-state index in [1.54, 1.807) is 16.8 Å². The minimum absolute atomic E-state index is 0. The first-order chi connectivity index (χ1) is 19.3. The van der Waals surface area contributed by atoms with Gasteiger partial charge in [0.15, 0.2) is 0 Å². The Hall–Kier alpha value is -0.950. The summed E-state index contributed by atoms with van der Waals surface area (Å²) in [6, 6.07) is 14.2. The fraction of sp³-hybridized carbons (Fsp3) is 0.483. The molecule has 0 aliphatic carbocycles. The van der Waals surface area contributed by atoms with Crippen molar-refractivity contribution in [2.45, 2.75) is 49.8 Å². The Kier molecular flexibility index (Phi) is 19.4. The Balaban J connectivity index is 0.00000441. The number of nitrogens with two attached hydrogens (primary N) is 1. The first-order valence-corrected chi connectivity index (χ1v) is 17.1. The van der Waals surface area contributed by atoms with E-state index >= 15 is 0 Å². The lowest BCUT2D eigenvalue weighted by Gasteiger charge is -2.21. The number of unbranched alkanes of at least 4 members (excludes halogenated alkanes) is 5. The van der Waals surface area contributed by atoms with Crippen LogP contribution in [0.25, 0.3) is 16.8 Å². The van der Waals surface area contributed by atoms with Gasteiger partial charge >= 0.3 is 0 Å². The summed E-state index contributed by atoms with van der Waals surface area (Å²) in [5.74, 6) is 1.75. The van der Waals surface area contributed by atoms with Gasteiger partial charge in [-0.15, -0.1) is 24.8 Å². The molecule has 1 heterocycles. The van der Waals surface area contributed by atoms with E-state index in [9.17, 15) is 8.42 Å². The van der Waals surface area contributed by atoms with Crippen molar-refractivity contribution in [3.63, 3.8) is 0 Å². The monoisotopic (exact) mass is 695 g/mol. The Bertz CT molecular complexity index is 1300. The molecule has 0 saturated carbocycles. The van der Waals surface area contributed by atoms with Crippen molar-refractivity contribution in [1.29, 1.82) is 0 Å². The number of benzene rings is 2. The first kappa shape index (κ1) is 39.1. The van der Waals surface area contributed by atoms with Crippen molar-refractivity contribution in [2.75, 3.05) is 44.2 Å². The molecule has 0 radical (unpaired) electrons. The predicted molar refractivity (Wildman–Crippen MR) is 188 cm³/mol. The van der Waals surface area contributed by atoms with Gasteiger partial charge in [-0.1, -0.05) is 61.5 Å². The molecule has 7 nitrogen and oxygen atoms in total. The van der Waals surface area contributed by atoms with E-state index in [1.165, 1.54) is 31.7 Å². The summed E-state index contributed by atoms with van der Waals surface area (Å²) in [6.45, 7) is 5.15. The number of rotatable bonds is 19. The second kappa shape index (κ2) is 20.9. The number of hydrogen-bond donors (Lipinski definition) is 4. The molecule has 3 aromatic rings. The summed E-state index contributed by atoms with van der Waals surface area (Å²) in [6.07, 6.45) is 9.73. The fourth-order valence-corrected chi connectivity index (χ4v) is 5.92. The van der Waals surface area contributed by atoms with Crippen LogP contribution in [0, 0.1) is 0 Å². The highest BCUT2D eigenvalue weighted by Gasteiger charge is 2.16. The van der Waals surface area contributed by atoms with E-state index in [4.69, 9.17) is 21.8 Å². The number of nitrogens with zero attached hydrogens (tertiary/aromatic N) is 3. The molecular formula is C29H44Cl3N5O2S3. The molecule has 236 valence electrons. The van der Waals surface area contributed by atoms with E-state index in [0.717, 1.165) is 80.3 Å². The maximum absolute atomic E-state index is 11.9. The standard InChI is InChI=1S/C29H42ClN5O2S3.2ClH/c30-28-13-7-6-12-26(28)27-23-35(24-10-9-11-25(22-24)40(31,36)37)33-29(27)14-5-3-1-2-4-8-17-34(19-21-39)18-15-32-16-20-38;;/h6-7,9-13,22-23,32,38-39H,1-5,8,14-21H2,(H2,31,36,37);2*1H. The second-order valence-corrected chi connectivity index (χ2v) is 12.7. The first-order valence-electron chi connectivity index (χ1n) is 13.9. The van der Waals surface area contributed by atoms with Crippen LogP contribution in [0.4, 0.5) is 0 Å². The van der Waals surface area contributed by atoms with Crippen LogP contribution < -0.4 is 10.5 Å². The van der Waals surface area contributed by atoms with Gasteiger partial charge in [-0.05, 0) is 50.1 Å². The maximum atomic E-state index is 11.9. The lowest BCUT2D eigenvalue weighted by Crippen LogP contribution is -2.34. The molecule has 0 amide bonds. The summed E-state index contributed by atoms with van der Waals surface area (Å²) in [5.41, 5.74) is 3.46. The summed E-state index contributed by atoms with van der Waals surface area (Å²) in [7, 11) is -3.81. The van der Waals surface area contributed by atoms with Gasteiger partial charge in [0.2, 0.25) is 10.0 Å². The summed E-state index contributed by atoms with van der Waals surface area (Å²) in [5, 5.41) is 14.3. The van der Waals surface area contributed by atoms with Gasteiger partial charge in [0.05, 0.1) is 16.3 Å². The molecule has 0 aliphatic rings. The molecule has 0 saturated heterocycles. The Morgan fingerprint density at radius 2 is 1.57 bits per heavy atom. The van der Waals surface area contributed by atoms with Gasteiger partial charge in [0.1, 0.15) is 0 Å². The number of thiol groups is 2. The fourth-order valence-electron chi connectivity index (χ4n) is 4.69. The molecule has 13 heteroatoms. The van der Waals surface area contributed by atoms with Crippen molar-refractivity contribution in [2.24, 2.45) is 5.14 Å². The molecule has 1 aromatic heterocycles. The second-order valence-electron chi connectivity index (χ2n) is 9.87. The maximum Gasteiger partial charge on any atom is 0.238 e. The van der Waals surface area contributed by atoms with Gasteiger partial charge in [-0.2, -0.15) is 30.4 Å². The van der Waals surface area contributed by atoms with Crippen LogP contribution in [0.3, 0.4) is 0 Å². The molecule has 0 fully saturated rings. The zero-order chi connectivity index (χ0) is 28.8. The van der Waals surface area contributed by atoms with E-state index in [0.29, 0.717) is 10.7 Å². The number of primary sulfonamides is 1. The van der Waals surface area contributed by atoms with Crippen LogP contribution in [0.2, 0.25) is 5.02 Å². The molecule has 0 bridgehead atoms. The van der Waals surface area contributed by atoms with Gasteiger partial charge in [0, 0.05) is 60.0 Å². The van der Waals surface area contributed by atoms with E-state index in [1.807, 2.05) is 36.5 Å². The summed E-state index contributed by atoms with van der Waals surface area (Å²) in [4.78, 5) is 2.55. The number of nitrogens with one attached hydrogen (secondary N) is 1. The average Bonchev–Trinajstić information content (AvgIpc) is 3.36. The van der Waals surface area contributed by atoms with Crippen LogP contribution in [-0.4, -0.2) is 67.3 Å². The number of hydrogen-bond acceptors (Lipinski definition) is 7. The molecule has 0 spiro atoms. The smallest absolute Gasteiger partial charge is 0.238 e. The number of halogens is 3. The van der Waals surface area contributed by atoms with Crippen LogP contribution in [0.1, 0.15) is 44.2 Å². The molecule has 0 unspecified atom stereocenters. The lowest BCUT2D eigenvalue weighted by atomic mass is 10.0. The van der Waals surface area contributed by atoms with Crippen LogP contribution in [-0.2, 0) is 16.4 Å². The van der Waals surface area contributed by atoms with E-state index < -0.39 is 10.0 Å². The van der Waals surface area contributed by atoms with Crippen molar-refractivity contribution >= 4 is 71.7 Å². The third-order valence-corrected chi connectivity index (χ3v) is 8.48. The number of aromatic nitrogens is 2. The van der Waals surface area contributed by atoms with Gasteiger partial charge in [-0.3, -0.25) is 0 Å². The van der Waals surface area contributed by atoms with E-state index in [2.05, 4.69) is 35.5 Å². The minimum Gasteiger partial charge on any atom is -0.315 e. The predicted octanol–water partition coefficient (Wildman–Crippen LogP) is 6.32.